The van der Waals surface area contributed by atoms with Crippen LogP contribution in [0.2, 0.25) is 0 Å². The second kappa shape index (κ2) is 8.00. The summed E-state index contributed by atoms with van der Waals surface area (Å²) in [4.78, 5) is 22.8. The van der Waals surface area contributed by atoms with Crippen molar-refractivity contribution in [2.45, 2.75) is 13.8 Å². The second-order valence-corrected chi connectivity index (χ2v) is 8.04. The van der Waals surface area contributed by atoms with E-state index in [1.54, 1.807) is 18.4 Å². The lowest BCUT2D eigenvalue weighted by molar-refractivity contribution is 0.262. The van der Waals surface area contributed by atoms with Crippen LogP contribution >= 0.6 is 11.3 Å². The highest BCUT2D eigenvalue weighted by Gasteiger charge is 2.17. The molecule has 0 unspecified atom stereocenters. The van der Waals surface area contributed by atoms with E-state index in [-0.39, 0.29) is 6.03 Å². The Morgan fingerprint density at radius 3 is 2.57 bits per heavy atom. The molecule has 30 heavy (non-hydrogen) atoms. The maximum Gasteiger partial charge on any atom is 0.323 e. The van der Waals surface area contributed by atoms with E-state index in [2.05, 4.69) is 20.6 Å². The van der Waals surface area contributed by atoms with Gasteiger partial charge in [0.25, 0.3) is 0 Å². The maximum absolute atomic E-state index is 12.4. The van der Waals surface area contributed by atoms with Crippen molar-refractivity contribution in [1.82, 2.24) is 9.97 Å². The fourth-order valence-corrected chi connectivity index (χ4v) is 4.31. The number of carbonyl (C=O) groups excluding carboxylic acids is 1. The molecule has 0 saturated carbocycles. The molecule has 4 rings (SSSR count). The van der Waals surface area contributed by atoms with Gasteiger partial charge < -0.3 is 21.1 Å². The number of carbonyl (C=O) groups is 1. The Morgan fingerprint density at radius 1 is 1.07 bits per heavy atom. The third-order valence-corrected chi connectivity index (χ3v) is 5.75. The minimum absolute atomic E-state index is 0.347. The van der Waals surface area contributed by atoms with Gasteiger partial charge in [0.2, 0.25) is 0 Å². The molecule has 7 nitrogen and oxygen atoms in total. The van der Waals surface area contributed by atoms with Crippen LogP contribution in [-0.2, 0) is 0 Å². The van der Waals surface area contributed by atoms with E-state index in [0.717, 1.165) is 31.8 Å². The summed E-state index contributed by atoms with van der Waals surface area (Å²) in [5, 5.41) is 6.49. The highest BCUT2D eigenvalue weighted by molar-refractivity contribution is 7.19. The van der Waals surface area contributed by atoms with Crippen LogP contribution in [0.1, 0.15) is 10.4 Å². The number of aromatic nitrogens is 2. The monoisotopic (exact) mass is 419 g/mol. The highest BCUT2D eigenvalue weighted by Crippen LogP contribution is 2.41. The Kier molecular flexibility index (Phi) is 5.24. The minimum atomic E-state index is -0.347. The van der Waals surface area contributed by atoms with Crippen LogP contribution in [-0.4, -0.2) is 23.1 Å². The summed E-state index contributed by atoms with van der Waals surface area (Å²) in [6, 6.07) is 12.8. The SMILES string of the molecule is COc1cc(-c2c(C)sc3ncnc(N)c23)ccc1NC(=O)Nc1ccc(C)cc1. The number of urea groups is 1. The van der Waals surface area contributed by atoms with Crippen molar-refractivity contribution >= 4 is 44.8 Å². The summed E-state index contributed by atoms with van der Waals surface area (Å²) >= 11 is 1.57. The summed E-state index contributed by atoms with van der Waals surface area (Å²) < 4.78 is 5.53. The molecule has 152 valence electrons. The molecule has 2 aromatic heterocycles. The number of thiophene rings is 1. The third-order valence-electron chi connectivity index (χ3n) is 4.74. The number of hydrogen-bond donors (Lipinski definition) is 3. The molecule has 2 amide bonds. The average molecular weight is 420 g/mol. The van der Waals surface area contributed by atoms with E-state index >= 15 is 0 Å². The Hall–Kier alpha value is -3.65. The molecule has 0 radical (unpaired) electrons. The van der Waals surface area contributed by atoms with Crippen LogP contribution in [0.25, 0.3) is 21.3 Å². The second-order valence-electron chi connectivity index (χ2n) is 6.83. The predicted octanol–water partition coefficient (Wildman–Crippen LogP) is 5.21. The van der Waals surface area contributed by atoms with E-state index < -0.39 is 0 Å². The van der Waals surface area contributed by atoms with Gasteiger partial charge in [0.05, 0.1) is 18.2 Å². The number of hydrogen-bond acceptors (Lipinski definition) is 6. The van der Waals surface area contributed by atoms with Crippen LogP contribution < -0.4 is 21.1 Å². The topological polar surface area (TPSA) is 102 Å². The smallest absolute Gasteiger partial charge is 0.323 e. The zero-order valence-corrected chi connectivity index (χ0v) is 17.6. The number of ether oxygens (including phenoxy) is 1. The predicted molar refractivity (Wildman–Crippen MR) is 122 cm³/mol. The molecule has 4 aromatic rings. The van der Waals surface area contributed by atoms with Crippen molar-refractivity contribution in [2.24, 2.45) is 0 Å². The molecule has 8 heteroatoms. The molecule has 0 aliphatic rings. The molecule has 2 aromatic carbocycles. The van der Waals surface area contributed by atoms with Gasteiger partial charge in [-0.3, -0.25) is 0 Å². The number of nitrogen functional groups attached to an aromatic ring is 1. The Balaban J connectivity index is 1.63. The lowest BCUT2D eigenvalue weighted by Gasteiger charge is -2.13. The van der Waals surface area contributed by atoms with Gasteiger partial charge in [0.15, 0.2) is 0 Å². The van der Waals surface area contributed by atoms with Gasteiger partial charge in [-0.15, -0.1) is 11.3 Å². The first kappa shape index (κ1) is 19.7. The van der Waals surface area contributed by atoms with Gasteiger partial charge in [0.1, 0.15) is 22.7 Å². The number of nitrogens with zero attached hydrogens (tertiary/aromatic N) is 2. The molecule has 0 aliphatic heterocycles. The molecule has 0 spiro atoms. The van der Waals surface area contributed by atoms with E-state index in [1.807, 2.05) is 56.3 Å². The number of amides is 2. The number of benzene rings is 2. The van der Waals surface area contributed by atoms with Crippen LogP contribution in [0, 0.1) is 13.8 Å². The highest BCUT2D eigenvalue weighted by atomic mass is 32.1. The standard InChI is InChI=1S/C22H21N5O2S/c1-12-4-7-15(8-5-12)26-22(28)27-16-9-6-14(10-17(16)29-3)18-13(2)30-21-19(18)20(23)24-11-25-21/h4-11H,1-3H3,(H2,23,24,25)(H2,26,27,28). The number of fused-ring (bicyclic) bond motifs is 1. The number of aryl methyl sites for hydroxylation is 2. The summed E-state index contributed by atoms with van der Waals surface area (Å²) in [5.41, 5.74) is 10.4. The summed E-state index contributed by atoms with van der Waals surface area (Å²) in [5.74, 6) is 0.985. The van der Waals surface area contributed by atoms with Crippen molar-refractivity contribution in [2.75, 3.05) is 23.5 Å². The van der Waals surface area contributed by atoms with E-state index in [0.29, 0.717) is 22.9 Å². The average Bonchev–Trinajstić information content (AvgIpc) is 3.07. The molecular formula is C22H21N5O2S. The number of nitrogens with one attached hydrogen (secondary N) is 2. The first-order valence-electron chi connectivity index (χ1n) is 9.29. The van der Waals surface area contributed by atoms with Crippen molar-refractivity contribution in [1.29, 1.82) is 0 Å². The van der Waals surface area contributed by atoms with Crippen molar-refractivity contribution in [3.05, 3.63) is 59.2 Å². The molecule has 0 saturated heterocycles. The molecule has 0 atom stereocenters. The first-order chi connectivity index (χ1) is 14.5. The van der Waals surface area contributed by atoms with Crippen LogP contribution in [0.15, 0.2) is 48.8 Å². The minimum Gasteiger partial charge on any atom is -0.495 e. The lowest BCUT2D eigenvalue weighted by Crippen LogP contribution is -2.19. The molecule has 0 aliphatic carbocycles. The van der Waals surface area contributed by atoms with Crippen molar-refractivity contribution < 1.29 is 9.53 Å². The van der Waals surface area contributed by atoms with Crippen LogP contribution in [0.3, 0.4) is 0 Å². The molecule has 0 fully saturated rings. The summed E-state index contributed by atoms with van der Waals surface area (Å²) in [6.07, 6.45) is 1.47. The van der Waals surface area contributed by atoms with Crippen LogP contribution in [0.5, 0.6) is 5.75 Å². The third kappa shape index (κ3) is 3.77. The lowest BCUT2D eigenvalue weighted by atomic mass is 10.0. The van der Waals surface area contributed by atoms with E-state index in [4.69, 9.17) is 10.5 Å². The quantitative estimate of drug-likeness (QED) is 0.421. The number of anilines is 3. The van der Waals surface area contributed by atoms with E-state index in [9.17, 15) is 4.79 Å². The zero-order chi connectivity index (χ0) is 21.3. The van der Waals surface area contributed by atoms with Gasteiger partial charge in [-0.1, -0.05) is 23.8 Å². The Bertz CT molecular complexity index is 1230. The summed E-state index contributed by atoms with van der Waals surface area (Å²) in [6.45, 7) is 4.02. The zero-order valence-electron chi connectivity index (χ0n) is 16.8. The summed E-state index contributed by atoms with van der Waals surface area (Å²) in [7, 11) is 1.57. The number of rotatable bonds is 4. The molecule has 0 bridgehead atoms. The van der Waals surface area contributed by atoms with Gasteiger partial charge in [-0.2, -0.15) is 0 Å². The van der Waals surface area contributed by atoms with Crippen LogP contribution in [0.4, 0.5) is 22.0 Å². The van der Waals surface area contributed by atoms with Gasteiger partial charge in [-0.25, -0.2) is 14.8 Å². The van der Waals surface area contributed by atoms with Gasteiger partial charge in [0, 0.05) is 16.1 Å². The Morgan fingerprint density at radius 2 is 1.83 bits per heavy atom. The van der Waals surface area contributed by atoms with E-state index in [1.165, 1.54) is 6.33 Å². The molecule has 2 heterocycles. The molecular weight excluding hydrogens is 398 g/mol. The van der Waals surface area contributed by atoms with Gasteiger partial charge >= 0.3 is 6.03 Å². The largest absolute Gasteiger partial charge is 0.495 e. The first-order valence-corrected chi connectivity index (χ1v) is 10.1. The van der Waals surface area contributed by atoms with Crippen molar-refractivity contribution in [3.63, 3.8) is 0 Å². The maximum atomic E-state index is 12.4. The normalized spacial score (nSPS) is 10.8. The fourth-order valence-electron chi connectivity index (χ4n) is 3.29. The number of nitrogens with two attached hydrogens (primary N) is 1. The fraction of sp³-hybridized carbons (Fsp3) is 0.136. The van der Waals surface area contributed by atoms with Gasteiger partial charge in [-0.05, 0) is 43.7 Å². The number of methoxy groups -OCH3 is 1. The van der Waals surface area contributed by atoms with Crippen molar-refractivity contribution in [3.8, 4) is 16.9 Å². The molecule has 4 N–H and O–H groups in total. The Labute approximate surface area is 177 Å².